The summed E-state index contributed by atoms with van der Waals surface area (Å²) in [6, 6.07) is 4.38. The molecule has 0 saturated carbocycles. The first kappa shape index (κ1) is 11.1. The predicted molar refractivity (Wildman–Crippen MR) is 53.2 cm³/mol. The van der Waals surface area contributed by atoms with Gasteiger partial charge in [0.05, 0.1) is 0 Å². The predicted octanol–water partition coefficient (Wildman–Crippen LogP) is 2.51. The van der Waals surface area contributed by atoms with Crippen LogP contribution in [0.2, 0.25) is 0 Å². The molecule has 1 unspecified atom stereocenters. The lowest BCUT2D eigenvalue weighted by atomic mass is 10.0. The monoisotopic (exact) mass is 199 g/mol. The smallest absolute Gasteiger partial charge is 0.159 e. The molecule has 1 aromatic rings. The topological polar surface area (TPSA) is 12.0 Å². The highest BCUT2D eigenvalue weighted by molar-refractivity contribution is 5.18. The molecule has 78 valence electrons. The molecule has 1 rings (SSSR count). The zero-order chi connectivity index (χ0) is 10.6. The summed E-state index contributed by atoms with van der Waals surface area (Å²) in [6.45, 7) is 2.06. The quantitative estimate of drug-likeness (QED) is 0.785. The van der Waals surface area contributed by atoms with Gasteiger partial charge in [-0.25, -0.2) is 8.78 Å². The average molecular weight is 199 g/mol. The Morgan fingerprint density at radius 2 is 2.00 bits per heavy atom. The van der Waals surface area contributed by atoms with Gasteiger partial charge in [-0.15, -0.1) is 0 Å². The van der Waals surface area contributed by atoms with Crippen LogP contribution < -0.4 is 5.32 Å². The van der Waals surface area contributed by atoms with Crippen molar-refractivity contribution in [2.75, 3.05) is 7.05 Å². The Labute approximate surface area is 83.1 Å². The van der Waals surface area contributed by atoms with Crippen molar-refractivity contribution < 1.29 is 8.78 Å². The SMILES string of the molecule is CCC(Cc1ccc(F)c(F)c1)NC. The summed E-state index contributed by atoms with van der Waals surface area (Å²) < 4.78 is 25.5. The molecular weight excluding hydrogens is 184 g/mol. The van der Waals surface area contributed by atoms with Gasteiger partial charge in [-0.1, -0.05) is 13.0 Å². The van der Waals surface area contributed by atoms with Crippen LogP contribution in [0.15, 0.2) is 18.2 Å². The van der Waals surface area contributed by atoms with Crippen LogP contribution >= 0.6 is 0 Å². The minimum atomic E-state index is -0.786. The molecule has 0 fully saturated rings. The number of nitrogens with one attached hydrogen (secondary N) is 1. The maximum atomic E-state index is 12.8. The van der Waals surface area contributed by atoms with E-state index in [0.29, 0.717) is 6.04 Å². The molecule has 0 aliphatic heterocycles. The molecule has 1 aromatic carbocycles. The van der Waals surface area contributed by atoms with E-state index in [-0.39, 0.29) is 0 Å². The van der Waals surface area contributed by atoms with Gasteiger partial charge in [-0.05, 0) is 37.6 Å². The highest BCUT2D eigenvalue weighted by Gasteiger charge is 2.07. The summed E-state index contributed by atoms with van der Waals surface area (Å²) >= 11 is 0. The highest BCUT2D eigenvalue weighted by atomic mass is 19.2. The first-order valence-corrected chi connectivity index (χ1v) is 4.78. The van der Waals surface area contributed by atoms with E-state index >= 15 is 0 Å². The zero-order valence-corrected chi connectivity index (χ0v) is 8.48. The van der Waals surface area contributed by atoms with Crippen LogP contribution in [0.5, 0.6) is 0 Å². The van der Waals surface area contributed by atoms with Crippen molar-refractivity contribution in [2.24, 2.45) is 0 Å². The largest absolute Gasteiger partial charge is 0.317 e. The molecule has 3 heteroatoms. The number of hydrogen-bond donors (Lipinski definition) is 1. The van der Waals surface area contributed by atoms with E-state index in [2.05, 4.69) is 12.2 Å². The van der Waals surface area contributed by atoms with Crippen LogP contribution in [0.1, 0.15) is 18.9 Å². The van der Waals surface area contributed by atoms with Gasteiger partial charge in [-0.2, -0.15) is 0 Å². The van der Waals surface area contributed by atoms with E-state index in [9.17, 15) is 8.78 Å². The van der Waals surface area contributed by atoms with Gasteiger partial charge in [0.15, 0.2) is 11.6 Å². The van der Waals surface area contributed by atoms with Crippen LogP contribution in [-0.2, 0) is 6.42 Å². The van der Waals surface area contributed by atoms with Crippen LogP contribution in [0, 0.1) is 11.6 Å². The van der Waals surface area contributed by atoms with Crippen molar-refractivity contribution in [3.8, 4) is 0 Å². The van der Waals surface area contributed by atoms with Crippen molar-refractivity contribution in [3.63, 3.8) is 0 Å². The molecule has 0 aromatic heterocycles. The fraction of sp³-hybridized carbons (Fsp3) is 0.455. The third-order valence-electron chi connectivity index (χ3n) is 2.37. The fourth-order valence-corrected chi connectivity index (χ4v) is 1.40. The Morgan fingerprint density at radius 3 is 2.50 bits per heavy atom. The van der Waals surface area contributed by atoms with Crippen LogP contribution in [-0.4, -0.2) is 13.1 Å². The maximum absolute atomic E-state index is 12.8. The second kappa shape index (κ2) is 5.05. The lowest BCUT2D eigenvalue weighted by Crippen LogP contribution is -2.26. The number of rotatable bonds is 4. The van der Waals surface area contributed by atoms with Crippen molar-refractivity contribution >= 4 is 0 Å². The number of benzene rings is 1. The van der Waals surface area contributed by atoms with Gasteiger partial charge in [0.2, 0.25) is 0 Å². The Bertz CT molecular complexity index is 295. The van der Waals surface area contributed by atoms with E-state index in [4.69, 9.17) is 0 Å². The summed E-state index contributed by atoms with van der Waals surface area (Å²) in [4.78, 5) is 0. The van der Waals surface area contributed by atoms with Crippen molar-refractivity contribution in [3.05, 3.63) is 35.4 Å². The number of hydrogen-bond acceptors (Lipinski definition) is 1. The number of halogens is 2. The molecule has 0 aliphatic rings. The number of likely N-dealkylation sites (N-methyl/N-ethyl adjacent to an activating group) is 1. The maximum Gasteiger partial charge on any atom is 0.159 e. The zero-order valence-electron chi connectivity index (χ0n) is 8.48. The molecule has 1 nitrogen and oxygen atoms in total. The van der Waals surface area contributed by atoms with Crippen LogP contribution in [0.3, 0.4) is 0 Å². The third kappa shape index (κ3) is 2.77. The van der Waals surface area contributed by atoms with Crippen molar-refractivity contribution in [2.45, 2.75) is 25.8 Å². The van der Waals surface area contributed by atoms with Gasteiger partial charge in [-0.3, -0.25) is 0 Å². The molecule has 1 atom stereocenters. The molecular formula is C11H15F2N. The van der Waals surface area contributed by atoms with Gasteiger partial charge in [0.1, 0.15) is 0 Å². The Hall–Kier alpha value is -0.960. The average Bonchev–Trinajstić information content (AvgIpc) is 2.19. The van der Waals surface area contributed by atoms with Crippen molar-refractivity contribution in [1.29, 1.82) is 0 Å². The normalized spacial score (nSPS) is 12.9. The fourth-order valence-electron chi connectivity index (χ4n) is 1.40. The summed E-state index contributed by atoms with van der Waals surface area (Å²) in [6.07, 6.45) is 1.69. The molecule has 0 aliphatic carbocycles. The lowest BCUT2D eigenvalue weighted by Gasteiger charge is -2.13. The standard InChI is InChI=1S/C11H15F2N/c1-3-9(14-2)6-8-4-5-10(12)11(13)7-8/h4-5,7,9,14H,3,6H2,1-2H3. The summed E-state index contributed by atoms with van der Waals surface area (Å²) in [5, 5.41) is 3.12. The van der Waals surface area contributed by atoms with Gasteiger partial charge >= 0.3 is 0 Å². The van der Waals surface area contributed by atoms with E-state index in [1.54, 1.807) is 6.07 Å². The molecule has 0 radical (unpaired) electrons. The first-order chi connectivity index (χ1) is 6.67. The summed E-state index contributed by atoms with van der Waals surface area (Å²) in [5.74, 6) is -1.56. The minimum Gasteiger partial charge on any atom is -0.317 e. The highest BCUT2D eigenvalue weighted by Crippen LogP contribution is 2.11. The second-order valence-electron chi connectivity index (χ2n) is 3.35. The molecule has 0 spiro atoms. The minimum absolute atomic E-state index is 0.319. The van der Waals surface area contributed by atoms with Crippen molar-refractivity contribution in [1.82, 2.24) is 5.32 Å². The van der Waals surface area contributed by atoms with E-state index in [1.807, 2.05) is 7.05 Å². The third-order valence-corrected chi connectivity index (χ3v) is 2.37. The molecule has 0 heterocycles. The van der Waals surface area contributed by atoms with Crippen LogP contribution in [0.25, 0.3) is 0 Å². The second-order valence-corrected chi connectivity index (χ2v) is 3.35. The molecule has 0 saturated heterocycles. The molecule has 0 amide bonds. The lowest BCUT2D eigenvalue weighted by molar-refractivity contribution is 0.501. The summed E-state index contributed by atoms with van der Waals surface area (Å²) in [7, 11) is 1.87. The van der Waals surface area contributed by atoms with E-state index < -0.39 is 11.6 Å². The van der Waals surface area contributed by atoms with Gasteiger partial charge in [0.25, 0.3) is 0 Å². The van der Waals surface area contributed by atoms with Gasteiger partial charge < -0.3 is 5.32 Å². The Morgan fingerprint density at radius 1 is 1.29 bits per heavy atom. The van der Waals surface area contributed by atoms with Gasteiger partial charge in [0, 0.05) is 6.04 Å². The van der Waals surface area contributed by atoms with E-state index in [0.717, 1.165) is 18.4 Å². The van der Waals surface area contributed by atoms with Crippen LogP contribution in [0.4, 0.5) is 8.78 Å². The molecule has 0 bridgehead atoms. The Kier molecular flexibility index (Phi) is 4.01. The Balaban J connectivity index is 2.72. The molecule has 1 N–H and O–H groups in total. The van der Waals surface area contributed by atoms with E-state index in [1.165, 1.54) is 12.1 Å². The first-order valence-electron chi connectivity index (χ1n) is 4.78. The summed E-state index contributed by atoms with van der Waals surface area (Å²) in [5.41, 5.74) is 0.824. The molecule has 14 heavy (non-hydrogen) atoms.